The third kappa shape index (κ3) is 3.43. The highest BCUT2D eigenvalue weighted by Gasteiger charge is 2.14. The first kappa shape index (κ1) is 17.3. The van der Waals surface area contributed by atoms with Gasteiger partial charge in [0.05, 0.1) is 12.1 Å². The second-order valence-corrected chi connectivity index (χ2v) is 6.71. The molecule has 2 aromatic carbocycles. The van der Waals surface area contributed by atoms with Gasteiger partial charge in [0, 0.05) is 17.7 Å². The summed E-state index contributed by atoms with van der Waals surface area (Å²) in [7, 11) is 4.04. The summed E-state index contributed by atoms with van der Waals surface area (Å²) in [6.45, 7) is 3.34. The molecule has 0 unspecified atom stereocenters. The van der Waals surface area contributed by atoms with Gasteiger partial charge in [0.1, 0.15) is 11.3 Å². The lowest BCUT2D eigenvalue weighted by atomic mass is 10.1. The van der Waals surface area contributed by atoms with Crippen LogP contribution in [0.5, 0.6) is 0 Å². The molecule has 4 rings (SSSR count). The van der Waals surface area contributed by atoms with Crippen LogP contribution in [0.15, 0.2) is 40.9 Å². The van der Waals surface area contributed by atoms with E-state index in [-0.39, 0.29) is 11.7 Å². The van der Waals surface area contributed by atoms with E-state index in [0.29, 0.717) is 17.0 Å². The van der Waals surface area contributed by atoms with E-state index in [2.05, 4.69) is 25.4 Å². The molecule has 2 aromatic heterocycles. The molecule has 8 heteroatoms. The van der Waals surface area contributed by atoms with Gasteiger partial charge in [0.2, 0.25) is 5.82 Å². The first-order chi connectivity index (χ1) is 13.0. The van der Waals surface area contributed by atoms with Crippen molar-refractivity contribution in [3.8, 4) is 22.8 Å². The maximum absolute atomic E-state index is 13.8. The number of hydrogen-bond acceptors (Lipinski definition) is 6. The molecule has 0 radical (unpaired) electrons. The monoisotopic (exact) mass is 366 g/mol. The van der Waals surface area contributed by atoms with Crippen molar-refractivity contribution >= 4 is 11.0 Å². The highest BCUT2D eigenvalue weighted by Crippen LogP contribution is 2.25. The predicted octanol–water partition coefficient (Wildman–Crippen LogP) is 3.16. The number of hydrogen-bond donors (Lipinski definition) is 0. The number of likely N-dealkylation sites (N-methyl/N-ethyl adjacent to an activating group) is 1. The van der Waals surface area contributed by atoms with E-state index in [9.17, 15) is 4.39 Å². The summed E-state index contributed by atoms with van der Waals surface area (Å²) >= 11 is 0. The van der Waals surface area contributed by atoms with Crippen molar-refractivity contribution in [1.82, 2.24) is 30.0 Å². The zero-order valence-corrected chi connectivity index (χ0v) is 15.3. The van der Waals surface area contributed by atoms with Crippen LogP contribution in [0.4, 0.5) is 4.39 Å². The summed E-state index contributed by atoms with van der Waals surface area (Å²) in [5, 5.41) is 12.5. The lowest BCUT2D eigenvalue weighted by Crippen LogP contribution is -2.18. The highest BCUT2D eigenvalue weighted by atomic mass is 19.1. The first-order valence-corrected chi connectivity index (χ1v) is 8.60. The number of rotatable bonds is 5. The number of nitrogens with zero attached hydrogens (tertiary/aromatic N) is 6. The van der Waals surface area contributed by atoms with Crippen molar-refractivity contribution < 1.29 is 8.91 Å². The zero-order valence-electron chi connectivity index (χ0n) is 15.3. The molecule has 0 saturated carbocycles. The van der Waals surface area contributed by atoms with Crippen molar-refractivity contribution in [3.63, 3.8) is 0 Å². The number of benzene rings is 2. The highest BCUT2D eigenvalue weighted by molar-refractivity contribution is 5.80. The molecule has 0 fully saturated rings. The molecular weight excluding hydrogens is 347 g/mol. The predicted molar refractivity (Wildman–Crippen MR) is 99.5 cm³/mol. The Bertz CT molecular complexity index is 1100. The summed E-state index contributed by atoms with van der Waals surface area (Å²) in [6, 6.07) is 10.6. The molecule has 7 nitrogen and oxygen atoms in total. The van der Waals surface area contributed by atoms with Crippen LogP contribution in [0.1, 0.15) is 5.56 Å². The quantitative estimate of drug-likeness (QED) is 0.540. The van der Waals surface area contributed by atoms with Crippen LogP contribution in [0.3, 0.4) is 0 Å². The van der Waals surface area contributed by atoms with Crippen LogP contribution >= 0.6 is 0 Å². The van der Waals surface area contributed by atoms with E-state index in [0.717, 1.165) is 29.7 Å². The molecule has 0 atom stereocenters. The summed E-state index contributed by atoms with van der Waals surface area (Å²) in [5.41, 5.74) is 3.60. The summed E-state index contributed by atoms with van der Waals surface area (Å²) in [4.78, 5) is 6.48. The Morgan fingerprint density at radius 1 is 1.11 bits per heavy atom. The van der Waals surface area contributed by atoms with Crippen LogP contribution in [-0.2, 0) is 6.54 Å². The molecule has 138 valence electrons. The van der Waals surface area contributed by atoms with Crippen molar-refractivity contribution in [3.05, 3.63) is 47.8 Å². The average Bonchev–Trinajstić information content (AvgIpc) is 3.29. The van der Waals surface area contributed by atoms with Gasteiger partial charge >= 0.3 is 0 Å². The van der Waals surface area contributed by atoms with Crippen LogP contribution in [0.2, 0.25) is 0 Å². The molecule has 0 aliphatic heterocycles. The van der Waals surface area contributed by atoms with Gasteiger partial charge < -0.3 is 9.42 Å². The third-order valence-corrected chi connectivity index (χ3v) is 4.38. The van der Waals surface area contributed by atoms with Crippen molar-refractivity contribution in [2.24, 2.45) is 0 Å². The Balaban J connectivity index is 1.63. The maximum atomic E-state index is 13.8. The van der Waals surface area contributed by atoms with E-state index in [1.807, 2.05) is 37.0 Å². The van der Waals surface area contributed by atoms with Gasteiger partial charge in [-0.15, -0.1) is 5.10 Å². The van der Waals surface area contributed by atoms with Crippen LogP contribution < -0.4 is 0 Å². The van der Waals surface area contributed by atoms with Gasteiger partial charge in [0.15, 0.2) is 0 Å². The average molecular weight is 366 g/mol. The maximum Gasteiger partial charge on any atom is 0.258 e. The van der Waals surface area contributed by atoms with Crippen LogP contribution in [0, 0.1) is 12.7 Å². The molecule has 2 heterocycles. The van der Waals surface area contributed by atoms with E-state index in [1.54, 1.807) is 19.1 Å². The van der Waals surface area contributed by atoms with E-state index in [1.165, 1.54) is 6.07 Å². The largest absolute Gasteiger partial charge is 0.334 e. The fourth-order valence-electron chi connectivity index (χ4n) is 2.76. The lowest BCUT2D eigenvalue weighted by molar-refractivity contribution is 0.374. The second-order valence-electron chi connectivity index (χ2n) is 6.71. The van der Waals surface area contributed by atoms with Gasteiger partial charge in [-0.3, -0.25) is 0 Å². The first-order valence-electron chi connectivity index (χ1n) is 8.60. The number of aromatic nitrogens is 5. The topological polar surface area (TPSA) is 72.9 Å². The van der Waals surface area contributed by atoms with Gasteiger partial charge in [-0.1, -0.05) is 16.4 Å². The van der Waals surface area contributed by atoms with Gasteiger partial charge in [-0.25, -0.2) is 9.07 Å². The summed E-state index contributed by atoms with van der Waals surface area (Å²) < 4.78 is 21.0. The summed E-state index contributed by atoms with van der Waals surface area (Å²) in [5.74, 6) is 0.400. The second kappa shape index (κ2) is 6.88. The van der Waals surface area contributed by atoms with Crippen LogP contribution in [0.25, 0.3) is 33.9 Å². The number of aryl methyl sites for hydroxylation is 1. The minimum atomic E-state index is -0.303. The van der Waals surface area contributed by atoms with E-state index >= 15 is 0 Å². The Morgan fingerprint density at radius 3 is 2.70 bits per heavy atom. The fraction of sp³-hybridized carbons (Fsp3) is 0.263. The minimum Gasteiger partial charge on any atom is -0.334 e. The zero-order chi connectivity index (χ0) is 19.0. The molecular formula is C19H19FN6O. The Labute approximate surface area is 155 Å². The van der Waals surface area contributed by atoms with Crippen molar-refractivity contribution in [2.75, 3.05) is 20.6 Å². The summed E-state index contributed by atoms with van der Waals surface area (Å²) in [6.07, 6.45) is 0. The van der Waals surface area contributed by atoms with Crippen molar-refractivity contribution in [2.45, 2.75) is 13.5 Å². The molecule has 0 aliphatic carbocycles. The standard InChI is InChI=1S/C19H19FN6O/c1-12-4-5-14(10-15(12)20)19-21-18(23-27-19)13-6-7-17-16(11-13)22-24-26(17)9-8-25(2)3/h4-7,10-11H,8-9H2,1-3H3. The van der Waals surface area contributed by atoms with E-state index < -0.39 is 0 Å². The molecule has 0 bridgehead atoms. The molecule has 0 aliphatic rings. The number of halogens is 1. The number of fused-ring (bicyclic) bond motifs is 1. The lowest BCUT2D eigenvalue weighted by Gasteiger charge is -2.09. The molecule has 4 aromatic rings. The fourth-order valence-corrected chi connectivity index (χ4v) is 2.76. The van der Waals surface area contributed by atoms with Crippen LogP contribution in [-0.4, -0.2) is 50.7 Å². The molecule has 0 N–H and O–H groups in total. The van der Waals surface area contributed by atoms with Gasteiger partial charge in [-0.2, -0.15) is 4.98 Å². The Kier molecular flexibility index (Phi) is 4.41. The molecule has 0 saturated heterocycles. The van der Waals surface area contributed by atoms with E-state index in [4.69, 9.17) is 4.52 Å². The third-order valence-electron chi connectivity index (χ3n) is 4.38. The smallest absolute Gasteiger partial charge is 0.258 e. The minimum absolute atomic E-state index is 0.277. The SMILES string of the molecule is Cc1ccc(-c2nc(-c3ccc4c(c3)nnn4CCN(C)C)no2)cc1F. The Morgan fingerprint density at radius 2 is 1.93 bits per heavy atom. The van der Waals surface area contributed by atoms with Gasteiger partial charge in [-0.05, 0) is 56.9 Å². The van der Waals surface area contributed by atoms with Gasteiger partial charge in [0.25, 0.3) is 5.89 Å². The Hall–Kier alpha value is -3.13. The van der Waals surface area contributed by atoms with Crippen molar-refractivity contribution in [1.29, 1.82) is 0 Å². The molecule has 27 heavy (non-hydrogen) atoms. The molecule has 0 spiro atoms. The molecule has 0 amide bonds. The normalized spacial score (nSPS) is 11.6.